The molecule has 1 fully saturated rings. The van der Waals surface area contributed by atoms with Gasteiger partial charge in [-0.25, -0.2) is 0 Å². The van der Waals surface area contributed by atoms with Gasteiger partial charge in [-0.2, -0.15) is 5.10 Å². The van der Waals surface area contributed by atoms with Crippen molar-refractivity contribution in [3.05, 3.63) is 17.0 Å². The maximum atomic E-state index is 6.06. The smallest absolute Gasteiger partial charge is 0.0644 e. The Kier molecular flexibility index (Phi) is 4.60. The minimum absolute atomic E-state index is 0.313. The summed E-state index contributed by atoms with van der Waals surface area (Å²) in [6.45, 7) is 12.8. The number of rotatable bonds is 4. The summed E-state index contributed by atoms with van der Waals surface area (Å²) in [5.41, 5.74) is 9.75. The van der Waals surface area contributed by atoms with Gasteiger partial charge in [0.15, 0.2) is 0 Å². The van der Waals surface area contributed by atoms with Crippen molar-refractivity contribution in [2.24, 2.45) is 12.8 Å². The molecule has 2 rings (SSSR count). The van der Waals surface area contributed by atoms with E-state index in [-0.39, 0.29) is 0 Å². The zero-order valence-electron chi connectivity index (χ0n) is 12.7. The van der Waals surface area contributed by atoms with Crippen molar-refractivity contribution in [2.75, 3.05) is 39.3 Å². The number of hydrogen-bond acceptors (Lipinski definition) is 4. The molecule has 0 saturated carbocycles. The van der Waals surface area contributed by atoms with E-state index in [4.69, 9.17) is 5.73 Å². The summed E-state index contributed by atoms with van der Waals surface area (Å²) in [5, 5.41) is 4.53. The molecule has 5 heteroatoms. The second-order valence-corrected chi connectivity index (χ2v) is 5.43. The summed E-state index contributed by atoms with van der Waals surface area (Å²) >= 11 is 0. The quantitative estimate of drug-likeness (QED) is 0.869. The van der Waals surface area contributed by atoms with E-state index in [1.807, 2.05) is 11.7 Å². The summed E-state index contributed by atoms with van der Waals surface area (Å²) in [6, 6.07) is 0.313. The molecule has 1 aromatic heterocycles. The van der Waals surface area contributed by atoms with Gasteiger partial charge in [-0.1, -0.05) is 6.92 Å². The van der Waals surface area contributed by atoms with E-state index < -0.39 is 0 Å². The Balaban J connectivity index is 2.16. The number of nitrogens with two attached hydrogens (primary N) is 1. The summed E-state index contributed by atoms with van der Waals surface area (Å²) in [5.74, 6) is 0. The molecule has 0 aliphatic carbocycles. The van der Waals surface area contributed by atoms with E-state index in [0.717, 1.165) is 38.4 Å². The fourth-order valence-corrected chi connectivity index (χ4v) is 3.11. The molecular formula is C14H27N5. The molecule has 1 aliphatic heterocycles. The number of likely N-dealkylation sites (N-methyl/N-ethyl adjacent to an activating group) is 1. The second kappa shape index (κ2) is 6.03. The number of piperazine rings is 1. The average Bonchev–Trinajstić information content (AvgIpc) is 2.67. The monoisotopic (exact) mass is 265 g/mol. The van der Waals surface area contributed by atoms with Crippen LogP contribution in [-0.2, 0) is 7.05 Å². The fourth-order valence-electron chi connectivity index (χ4n) is 3.11. The van der Waals surface area contributed by atoms with Gasteiger partial charge in [0.2, 0.25) is 0 Å². The van der Waals surface area contributed by atoms with Crippen LogP contribution in [0.25, 0.3) is 0 Å². The predicted octanol–water partition coefficient (Wildman–Crippen LogP) is 0.674. The minimum atomic E-state index is 0.313. The molecule has 1 aliphatic rings. The maximum Gasteiger partial charge on any atom is 0.0644 e. The highest BCUT2D eigenvalue weighted by Gasteiger charge is 2.27. The van der Waals surface area contributed by atoms with Gasteiger partial charge in [-0.3, -0.25) is 9.58 Å². The van der Waals surface area contributed by atoms with Crippen LogP contribution in [0.3, 0.4) is 0 Å². The van der Waals surface area contributed by atoms with Crippen molar-refractivity contribution in [3.63, 3.8) is 0 Å². The topological polar surface area (TPSA) is 50.3 Å². The Morgan fingerprint density at radius 2 is 1.84 bits per heavy atom. The lowest BCUT2D eigenvalue weighted by Crippen LogP contribution is -2.49. The van der Waals surface area contributed by atoms with Crippen LogP contribution in [0, 0.1) is 13.8 Å². The van der Waals surface area contributed by atoms with Crippen LogP contribution in [-0.4, -0.2) is 58.8 Å². The molecule has 2 N–H and O–H groups in total. The number of hydrogen-bond donors (Lipinski definition) is 1. The van der Waals surface area contributed by atoms with Gasteiger partial charge < -0.3 is 10.6 Å². The third-order valence-electron chi connectivity index (χ3n) is 4.42. The molecule has 1 atom stereocenters. The molecule has 2 heterocycles. The molecule has 0 spiro atoms. The fraction of sp³-hybridized carbons (Fsp3) is 0.786. The zero-order chi connectivity index (χ0) is 14.0. The highest BCUT2D eigenvalue weighted by atomic mass is 15.3. The van der Waals surface area contributed by atoms with E-state index >= 15 is 0 Å². The van der Waals surface area contributed by atoms with Crippen molar-refractivity contribution in [1.29, 1.82) is 0 Å². The van der Waals surface area contributed by atoms with Crippen molar-refractivity contribution in [2.45, 2.75) is 26.8 Å². The Morgan fingerprint density at radius 3 is 2.26 bits per heavy atom. The van der Waals surface area contributed by atoms with Crippen LogP contribution in [0.15, 0.2) is 0 Å². The first-order chi connectivity index (χ1) is 9.08. The number of aryl methyl sites for hydroxylation is 2. The zero-order valence-corrected chi connectivity index (χ0v) is 12.7. The third kappa shape index (κ3) is 2.83. The molecule has 5 nitrogen and oxygen atoms in total. The van der Waals surface area contributed by atoms with Crippen LogP contribution < -0.4 is 5.73 Å². The van der Waals surface area contributed by atoms with E-state index in [1.54, 1.807) is 0 Å². The van der Waals surface area contributed by atoms with Crippen LogP contribution in [0.4, 0.5) is 0 Å². The average molecular weight is 265 g/mol. The van der Waals surface area contributed by atoms with Crippen LogP contribution in [0.5, 0.6) is 0 Å². The van der Waals surface area contributed by atoms with E-state index in [2.05, 4.69) is 35.7 Å². The molecule has 0 amide bonds. The van der Waals surface area contributed by atoms with Crippen molar-refractivity contribution >= 4 is 0 Å². The van der Waals surface area contributed by atoms with Gasteiger partial charge in [-0.05, 0) is 20.4 Å². The summed E-state index contributed by atoms with van der Waals surface area (Å²) in [7, 11) is 2.01. The SMILES string of the molecule is CCN1CCN(C(CN)c2c(C)nn(C)c2C)CC1. The van der Waals surface area contributed by atoms with Crippen LogP contribution in [0.1, 0.15) is 29.9 Å². The Hall–Kier alpha value is -0.910. The predicted molar refractivity (Wildman–Crippen MR) is 78.2 cm³/mol. The normalized spacial score (nSPS) is 19.8. The lowest BCUT2D eigenvalue weighted by atomic mass is 10.0. The second-order valence-electron chi connectivity index (χ2n) is 5.43. The van der Waals surface area contributed by atoms with Gasteiger partial charge in [0.05, 0.1) is 11.7 Å². The van der Waals surface area contributed by atoms with Crippen LogP contribution in [0.2, 0.25) is 0 Å². The summed E-state index contributed by atoms with van der Waals surface area (Å²) in [4.78, 5) is 5.01. The Morgan fingerprint density at radius 1 is 1.21 bits per heavy atom. The first kappa shape index (κ1) is 14.5. The highest BCUT2D eigenvalue weighted by Crippen LogP contribution is 2.26. The molecule has 0 bridgehead atoms. The van der Waals surface area contributed by atoms with E-state index in [1.165, 1.54) is 11.3 Å². The molecular weight excluding hydrogens is 238 g/mol. The van der Waals surface area contributed by atoms with Gasteiger partial charge in [0.25, 0.3) is 0 Å². The largest absolute Gasteiger partial charge is 0.329 e. The number of nitrogens with zero attached hydrogens (tertiary/aromatic N) is 4. The minimum Gasteiger partial charge on any atom is -0.329 e. The van der Waals surface area contributed by atoms with E-state index in [9.17, 15) is 0 Å². The van der Waals surface area contributed by atoms with Crippen molar-refractivity contribution in [1.82, 2.24) is 19.6 Å². The lowest BCUT2D eigenvalue weighted by molar-refractivity contribution is 0.101. The molecule has 19 heavy (non-hydrogen) atoms. The molecule has 1 unspecified atom stereocenters. The maximum absolute atomic E-state index is 6.06. The summed E-state index contributed by atoms with van der Waals surface area (Å²) in [6.07, 6.45) is 0. The Labute approximate surface area is 116 Å². The van der Waals surface area contributed by atoms with Gasteiger partial charge >= 0.3 is 0 Å². The lowest BCUT2D eigenvalue weighted by Gasteiger charge is -2.38. The standard InChI is InChI=1S/C14H27N5/c1-5-18-6-8-19(9-7-18)13(10-15)14-11(2)16-17(4)12(14)3/h13H,5-10,15H2,1-4H3. The van der Waals surface area contributed by atoms with Gasteiger partial charge in [-0.15, -0.1) is 0 Å². The highest BCUT2D eigenvalue weighted by molar-refractivity contribution is 5.28. The molecule has 1 aromatic rings. The van der Waals surface area contributed by atoms with Crippen LogP contribution >= 0.6 is 0 Å². The van der Waals surface area contributed by atoms with Gasteiger partial charge in [0.1, 0.15) is 0 Å². The van der Waals surface area contributed by atoms with Crippen molar-refractivity contribution in [3.8, 4) is 0 Å². The molecule has 1 saturated heterocycles. The molecule has 0 aromatic carbocycles. The first-order valence-electron chi connectivity index (χ1n) is 7.25. The summed E-state index contributed by atoms with van der Waals surface area (Å²) < 4.78 is 1.97. The van der Waals surface area contributed by atoms with E-state index in [0.29, 0.717) is 12.6 Å². The first-order valence-corrected chi connectivity index (χ1v) is 7.25. The molecule has 0 radical (unpaired) electrons. The van der Waals surface area contributed by atoms with Gasteiger partial charge in [0, 0.05) is 51.0 Å². The van der Waals surface area contributed by atoms with Crippen molar-refractivity contribution < 1.29 is 0 Å². The number of aromatic nitrogens is 2. The third-order valence-corrected chi connectivity index (χ3v) is 4.42. The Bertz CT molecular complexity index is 418. The molecule has 108 valence electrons.